The van der Waals surface area contributed by atoms with Crippen LogP contribution in [0.25, 0.3) is 0 Å². The van der Waals surface area contributed by atoms with Gasteiger partial charge in [-0.15, -0.1) is 10.2 Å². The van der Waals surface area contributed by atoms with Crippen molar-refractivity contribution in [2.45, 2.75) is 10.8 Å². The Morgan fingerprint density at radius 2 is 2.22 bits per heavy atom. The van der Waals surface area contributed by atoms with E-state index in [0.717, 1.165) is 24.2 Å². The Balaban J connectivity index is 1.76. The summed E-state index contributed by atoms with van der Waals surface area (Å²) in [6.45, 7) is 0. The number of aromatic nitrogens is 2. The fourth-order valence-corrected chi connectivity index (χ4v) is 4.61. The number of rotatable bonds is 2. The van der Waals surface area contributed by atoms with Crippen molar-refractivity contribution in [1.29, 1.82) is 5.26 Å². The van der Waals surface area contributed by atoms with Crippen LogP contribution in [0.4, 0.5) is 5.69 Å². The summed E-state index contributed by atoms with van der Waals surface area (Å²) in [5.41, 5.74) is 2.54. The molecule has 1 aliphatic rings. The van der Waals surface area contributed by atoms with Crippen molar-refractivity contribution < 1.29 is 0 Å². The Hall–Kier alpha value is -1.02. The molecule has 0 N–H and O–H groups in total. The van der Waals surface area contributed by atoms with E-state index in [1.807, 2.05) is 25.2 Å². The molecule has 0 unspecified atom stereocenters. The van der Waals surface area contributed by atoms with Crippen LogP contribution in [-0.2, 0) is 5.75 Å². The molecule has 0 atom stereocenters. The second kappa shape index (κ2) is 7.25. The highest BCUT2D eigenvalue weighted by atomic mass is 127. The molecule has 0 radical (unpaired) electrons. The van der Waals surface area contributed by atoms with Crippen LogP contribution >= 0.6 is 57.7 Å². The second-order valence-electron chi connectivity index (χ2n) is 4.55. The zero-order chi connectivity index (χ0) is 16.4. The molecule has 3 rings (SSSR count). The minimum Gasteiger partial charge on any atom is -0.264 e. The fraction of sp³-hybridized carbons (Fsp3) is 0.143. The van der Waals surface area contributed by atoms with Crippen LogP contribution in [0.5, 0.6) is 0 Å². The van der Waals surface area contributed by atoms with E-state index < -0.39 is 0 Å². The van der Waals surface area contributed by atoms with Crippen molar-refractivity contribution >= 4 is 67.8 Å². The highest BCUT2D eigenvalue weighted by Gasteiger charge is 2.20. The minimum atomic E-state index is 0.347. The molecule has 0 saturated carbocycles. The molecule has 1 aromatic carbocycles. The number of thioether (sulfide) groups is 2. The molecule has 0 saturated heterocycles. The van der Waals surface area contributed by atoms with Gasteiger partial charge in [-0.25, -0.2) is 0 Å². The zero-order valence-corrected chi connectivity index (χ0v) is 16.4. The van der Waals surface area contributed by atoms with Crippen molar-refractivity contribution in [3.63, 3.8) is 0 Å². The molecular formula is C14H9ClIN5S2. The van der Waals surface area contributed by atoms with E-state index in [-0.39, 0.29) is 0 Å². The summed E-state index contributed by atoms with van der Waals surface area (Å²) < 4.78 is 1.91. The molecular weight excluding hydrogens is 465 g/mol. The van der Waals surface area contributed by atoms with Crippen molar-refractivity contribution in [1.82, 2.24) is 10.2 Å². The lowest BCUT2D eigenvalue weighted by Crippen LogP contribution is -2.17. The molecule has 0 fully saturated rings. The first-order chi connectivity index (χ1) is 11.1. The fourth-order valence-electron chi connectivity index (χ4n) is 1.91. The van der Waals surface area contributed by atoms with Crippen molar-refractivity contribution in [2.75, 3.05) is 12.1 Å². The number of fused-ring (bicyclic) bond motifs is 1. The van der Waals surface area contributed by atoms with Crippen LogP contribution in [0.1, 0.15) is 11.1 Å². The quantitative estimate of drug-likeness (QED) is 0.604. The summed E-state index contributed by atoms with van der Waals surface area (Å²) in [5, 5.41) is 24.6. The highest BCUT2D eigenvalue weighted by molar-refractivity contribution is 14.1. The Kier molecular flexibility index (Phi) is 5.31. The maximum atomic E-state index is 9.24. The van der Waals surface area contributed by atoms with Gasteiger partial charge in [0.2, 0.25) is 0 Å². The number of nitriles is 1. The van der Waals surface area contributed by atoms with E-state index in [9.17, 15) is 5.26 Å². The number of hydrogen-bond acceptors (Lipinski definition) is 7. The summed E-state index contributed by atoms with van der Waals surface area (Å²) in [5.74, 6) is 0.676. The lowest BCUT2D eigenvalue weighted by atomic mass is 10.1. The SMILES string of the molecule is CN1N=C(SCc2ccc(I)cc2C#N)Sc2nnc(Cl)cc21. The summed E-state index contributed by atoms with van der Waals surface area (Å²) in [4.78, 5) is 0. The number of hydrazone groups is 1. The predicted molar refractivity (Wildman–Crippen MR) is 104 cm³/mol. The van der Waals surface area contributed by atoms with E-state index in [0.29, 0.717) is 16.5 Å². The Morgan fingerprint density at radius 1 is 1.39 bits per heavy atom. The van der Waals surface area contributed by atoms with Gasteiger partial charge in [0.05, 0.1) is 17.3 Å². The average Bonchev–Trinajstić information content (AvgIpc) is 2.54. The van der Waals surface area contributed by atoms with Crippen LogP contribution in [0, 0.1) is 14.9 Å². The molecule has 5 nitrogen and oxygen atoms in total. The first-order valence-corrected chi connectivity index (χ1v) is 9.67. The summed E-state index contributed by atoms with van der Waals surface area (Å²) in [7, 11) is 1.85. The van der Waals surface area contributed by atoms with E-state index in [4.69, 9.17) is 11.6 Å². The Bertz CT molecular complexity index is 836. The lowest BCUT2D eigenvalue weighted by Gasteiger charge is -2.22. The zero-order valence-electron chi connectivity index (χ0n) is 11.8. The number of anilines is 1. The number of benzene rings is 1. The third-order valence-electron chi connectivity index (χ3n) is 3.02. The summed E-state index contributed by atoms with van der Waals surface area (Å²) >= 11 is 11.1. The van der Waals surface area contributed by atoms with Crippen LogP contribution in [-0.4, -0.2) is 21.6 Å². The highest BCUT2D eigenvalue weighted by Crippen LogP contribution is 2.38. The van der Waals surface area contributed by atoms with Crippen LogP contribution in [0.3, 0.4) is 0 Å². The second-order valence-corrected chi connectivity index (χ2v) is 8.38. The van der Waals surface area contributed by atoms with E-state index in [2.05, 4.69) is 44.0 Å². The Morgan fingerprint density at radius 3 is 3.00 bits per heavy atom. The van der Waals surface area contributed by atoms with Gasteiger partial charge < -0.3 is 0 Å². The maximum absolute atomic E-state index is 9.24. The largest absolute Gasteiger partial charge is 0.264 e. The van der Waals surface area contributed by atoms with Gasteiger partial charge in [-0.3, -0.25) is 5.01 Å². The number of halogens is 2. The van der Waals surface area contributed by atoms with Gasteiger partial charge in [0.15, 0.2) is 14.6 Å². The molecule has 116 valence electrons. The topological polar surface area (TPSA) is 65.2 Å². The van der Waals surface area contributed by atoms with Gasteiger partial charge in [-0.2, -0.15) is 10.4 Å². The van der Waals surface area contributed by atoms with E-state index >= 15 is 0 Å². The molecule has 0 amide bonds. The molecule has 9 heteroatoms. The average molecular weight is 474 g/mol. The Labute approximate surface area is 160 Å². The van der Waals surface area contributed by atoms with Gasteiger partial charge in [0, 0.05) is 22.4 Å². The molecule has 0 bridgehead atoms. The van der Waals surface area contributed by atoms with Crippen molar-refractivity contribution in [2.24, 2.45) is 5.10 Å². The molecule has 0 aliphatic carbocycles. The van der Waals surface area contributed by atoms with Crippen LogP contribution < -0.4 is 5.01 Å². The maximum Gasteiger partial charge on any atom is 0.157 e. The number of hydrogen-bond donors (Lipinski definition) is 0. The van der Waals surface area contributed by atoms with Gasteiger partial charge in [-0.05, 0) is 52.0 Å². The molecule has 2 aromatic rings. The molecule has 1 aromatic heterocycles. The summed E-state index contributed by atoms with van der Waals surface area (Å²) in [6, 6.07) is 9.86. The third-order valence-corrected chi connectivity index (χ3v) is 6.00. The molecule has 0 spiro atoms. The van der Waals surface area contributed by atoms with Crippen molar-refractivity contribution in [3.8, 4) is 6.07 Å². The van der Waals surface area contributed by atoms with Gasteiger partial charge >= 0.3 is 0 Å². The predicted octanol–water partition coefficient (Wildman–Crippen LogP) is 4.35. The molecule has 23 heavy (non-hydrogen) atoms. The lowest BCUT2D eigenvalue weighted by molar-refractivity contribution is 0.884. The minimum absolute atomic E-state index is 0.347. The van der Waals surface area contributed by atoms with Gasteiger partial charge in [-0.1, -0.05) is 29.4 Å². The molecule has 2 heterocycles. The smallest absolute Gasteiger partial charge is 0.157 e. The third kappa shape index (κ3) is 3.91. The van der Waals surface area contributed by atoms with Crippen molar-refractivity contribution in [3.05, 3.63) is 44.1 Å². The number of nitrogens with zero attached hydrogens (tertiary/aromatic N) is 5. The van der Waals surface area contributed by atoms with Gasteiger partial charge in [0.1, 0.15) is 0 Å². The first kappa shape index (κ1) is 16.8. The molecule has 1 aliphatic heterocycles. The van der Waals surface area contributed by atoms with Crippen LogP contribution in [0.2, 0.25) is 5.15 Å². The summed E-state index contributed by atoms with van der Waals surface area (Å²) in [6.07, 6.45) is 0. The van der Waals surface area contributed by atoms with E-state index in [1.165, 1.54) is 11.8 Å². The van der Waals surface area contributed by atoms with Crippen LogP contribution in [0.15, 0.2) is 34.4 Å². The normalized spacial score (nSPS) is 13.3. The first-order valence-electron chi connectivity index (χ1n) is 6.41. The van der Waals surface area contributed by atoms with E-state index in [1.54, 1.807) is 22.8 Å². The van der Waals surface area contributed by atoms with Gasteiger partial charge in [0.25, 0.3) is 0 Å². The standard InChI is InChI=1S/C14H9ClIN5S2/c1-21-11-5-12(15)18-19-13(11)23-14(20-21)22-7-8-2-3-10(16)4-9(8)6-17/h2-5H,7H2,1H3. The monoisotopic (exact) mass is 473 g/mol.